The van der Waals surface area contributed by atoms with Crippen molar-refractivity contribution in [2.45, 2.75) is 39.8 Å². The van der Waals surface area contributed by atoms with E-state index < -0.39 is 0 Å². The second-order valence-corrected chi connectivity index (χ2v) is 7.28. The minimum Gasteiger partial charge on any atom is -0.366 e. The van der Waals surface area contributed by atoms with E-state index in [0.29, 0.717) is 16.6 Å². The molecule has 0 radical (unpaired) electrons. The maximum atomic E-state index is 13.4. The largest absolute Gasteiger partial charge is 0.366 e. The van der Waals surface area contributed by atoms with Crippen molar-refractivity contribution in [1.82, 2.24) is 5.32 Å². The average molecular weight is 329 g/mol. The number of benzene rings is 1. The molecule has 1 saturated heterocycles. The van der Waals surface area contributed by atoms with Crippen molar-refractivity contribution >= 4 is 21.6 Å². The summed E-state index contributed by atoms with van der Waals surface area (Å²) in [7, 11) is 0. The van der Waals surface area contributed by atoms with Gasteiger partial charge in [0.05, 0.1) is 4.47 Å². The highest BCUT2D eigenvalue weighted by Gasteiger charge is 2.32. The molecule has 0 aromatic heterocycles. The molecule has 1 N–H and O–H groups in total. The predicted molar refractivity (Wildman–Crippen MR) is 82.2 cm³/mol. The molecule has 2 rings (SSSR count). The van der Waals surface area contributed by atoms with E-state index in [0.717, 1.165) is 18.8 Å². The first-order valence-corrected chi connectivity index (χ1v) is 7.53. The van der Waals surface area contributed by atoms with Crippen LogP contribution in [0.4, 0.5) is 10.1 Å². The van der Waals surface area contributed by atoms with Crippen LogP contribution in [0.2, 0.25) is 0 Å². The van der Waals surface area contributed by atoms with Crippen molar-refractivity contribution in [2.24, 2.45) is 5.41 Å². The zero-order valence-electron chi connectivity index (χ0n) is 12.0. The Labute approximate surface area is 123 Å². The van der Waals surface area contributed by atoms with Gasteiger partial charge in [0.1, 0.15) is 5.82 Å². The fraction of sp³-hybridized carbons (Fsp3) is 0.600. The van der Waals surface area contributed by atoms with Crippen LogP contribution in [0.3, 0.4) is 0 Å². The highest BCUT2D eigenvalue weighted by Crippen LogP contribution is 2.29. The lowest BCUT2D eigenvalue weighted by Gasteiger charge is -2.45. The number of hydrogen-bond acceptors (Lipinski definition) is 2. The van der Waals surface area contributed by atoms with Crippen LogP contribution >= 0.6 is 15.9 Å². The van der Waals surface area contributed by atoms with E-state index in [2.05, 4.69) is 53.8 Å². The van der Waals surface area contributed by atoms with Crippen molar-refractivity contribution in [3.05, 3.63) is 28.5 Å². The summed E-state index contributed by atoms with van der Waals surface area (Å²) in [6, 6.07) is 6.11. The van der Waals surface area contributed by atoms with Gasteiger partial charge in [0, 0.05) is 30.9 Å². The Balaban J connectivity index is 2.23. The first kappa shape index (κ1) is 14.8. The summed E-state index contributed by atoms with van der Waals surface area (Å²) in [6.45, 7) is 10.8. The van der Waals surface area contributed by atoms with Gasteiger partial charge < -0.3 is 10.2 Å². The predicted octanol–water partition coefficient (Wildman–Crippen LogP) is 3.80. The second-order valence-electron chi connectivity index (χ2n) is 6.43. The van der Waals surface area contributed by atoms with Gasteiger partial charge in [-0.25, -0.2) is 4.39 Å². The molecule has 0 bridgehead atoms. The maximum Gasteiger partial charge on any atom is 0.137 e. The third-order valence-corrected chi connectivity index (χ3v) is 4.46. The van der Waals surface area contributed by atoms with Gasteiger partial charge in [-0.05, 0) is 46.5 Å². The van der Waals surface area contributed by atoms with E-state index in [-0.39, 0.29) is 11.2 Å². The number of nitrogens with zero attached hydrogens (tertiary/aromatic N) is 1. The van der Waals surface area contributed by atoms with Gasteiger partial charge in [-0.15, -0.1) is 0 Å². The summed E-state index contributed by atoms with van der Waals surface area (Å²) in [5.41, 5.74) is 1.30. The van der Waals surface area contributed by atoms with Gasteiger partial charge in [0.25, 0.3) is 0 Å². The van der Waals surface area contributed by atoms with E-state index in [4.69, 9.17) is 0 Å². The minimum absolute atomic E-state index is 0.209. The SMILES string of the molecule is CC1CNC(C(C)(C)C)CN1c1ccc(F)c(Br)c1. The molecule has 1 aromatic carbocycles. The standard InChI is InChI=1S/C15H22BrFN2/c1-10-8-18-14(15(2,3)4)9-19(10)11-5-6-13(17)12(16)7-11/h5-7,10,14,18H,8-9H2,1-4H3. The molecule has 1 aliphatic heterocycles. The van der Waals surface area contributed by atoms with Crippen molar-refractivity contribution in [2.75, 3.05) is 18.0 Å². The monoisotopic (exact) mass is 328 g/mol. The van der Waals surface area contributed by atoms with Crippen molar-refractivity contribution in [3.63, 3.8) is 0 Å². The Bertz CT molecular complexity index is 456. The van der Waals surface area contributed by atoms with Gasteiger partial charge in [-0.1, -0.05) is 20.8 Å². The molecule has 1 fully saturated rings. The van der Waals surface area contributed by atoms with Crippen molar-refractivity contribution in [1.29, 1.82) is 0 Å². The molecule has 19 heavy (non-hydrogen) atoms. The summed E-state index contributed by atoms with van der Waals surface area (Å²) >= 11 is 3.27. The normalized spacial score (nSPS) is 24.6. The number of rotatable bonds is 1. The quantitative estimate of drug-likeness (QED) is 0.843. The molecule has 0 amide bonds. The maximum absolute atomic E-state index is 13.4. The first-order valence-electron chi connectivity index (χ1n) is 6.74. The third kappa shape index (κ3) is 3.29. The van der Waals surface area contributed by atoms with Crippen LogP contribution in [0.15, 0.2) is 22.7 Å². The Kier molecular flexibility index (Phi) is 4.21. The van der Waals surface area contributed by atoms with Crippen molar-refractivity contribution in [3.8, 4) is 0 Å². The Morgan fingerprint density at radius 2 is 2.05 bits per heavy atom. The molecule has 0 aliphatic carbocycles. The fourth-order valence-corrected chi connectivity index (χ4v) is 2.83. The van der Waals surface area contributed by atoms with Crippen molar-refractivity contribution < 1.29 is 4.39 Å². The van der Waals surface area contributed by atoms with E-state index in [9.17, 15) is 4.39 Å². The summed E-state index contributed by atoms with van der Waals surface area (Å²) in [5, 5.41) is 3.61. The Hall–Kier alpha value is -0.610. The van der Waals surface area contributed by atoms with Crippen LogP contribution < -0.4 is 10.2 Å². The third-order valence-electron chi connectivity index (χ3n) is 3.85. The molecular weight excluding hydrogens is 307 g/mol. The molecule has 2 atom stereocenters. The zero-order chi connectivity index (χ0) is 14.2. The number of hydrogen-bond donors (Lipinski definition) is 1. The highest BCUT2D eigenvalue weighted by molar-refractivity contribution is 9.10. The molecule has 2 nitrogen and oxygen atoms in total. The van der Waals surface area contributed by atoms with Crippen LogP contribution in [0.1, 0.15) is 27.7 Å². The van der Waals surface area contributed by atoms with Gasteiger partial charge in [0.15, 0.2) is 0 Å². The molecule has 4 heteroatoms. The van der Waals surface area contributed by atoms with Crippen LogP contribution in [-0.2, 0) is 0 Å². The average Bonchev–Trinajstić information content (AvgIpc) is 2.32. The number of anilines is 1. The lowest BCUT2D eigenvalue weighted by atomic mass is 9.84. The smallest absolute Gasteiger partial charge is 0.137 e. The van der Waals surface area contributed by atoms with Crippen LogP contribution in [0.25, 0.3) is 0 Å². The molecule has 0 saturated carbocycles. The van der Waals surface area contributed by atoms with Crippen LogP contribution in [-0.4, -0.2) is 25.2 Å². The summed E-state index contributed by atoms with van der Waals surface area (Å²) in [5.74, 6) is -0.209. The summed E-state index contributed by atoms with van der Waals surface area (Å²) in [6.07, 6.45) is 0. The lowest BCUT2D eigenvalue weighted by Crippen LogP contribution is -2.59. The molecule has 2 unspecified atom stereocenters. The molecule has 1 aliphatic rings. The van der Waals surface area contributed by atoms with Gasteiger partial charge in [0.2, 0.25) is 0 Å². The van der Waals surface area contributed by atoms with E-state index in [1.807, 2.05) is 12.1 Å². The zero-order valence-corrected chi connectivity index (χ0v) is 13.6. The highest BCUT2D eigenvalue weighted by atomic mass is 79.9. The lowest BCUT2D eigenvalue weighted by molar-refractivity contribution is 0.239. The molecular formula is C15H22BrFN2. The topological polar surface area (TPSA) is 15.3 Å². The fourth-order valence-electron chi connectivity index (χ4n) is 2.47. The van der Waals surface area contributed by atoms with E-state index in [1.54, 1.807) is 0 Å². The van der Waals surface area contributed by atoms with Crippen LogP contribution in [0.5, 0.6) is 0 Å². The summed E-state index contributed by atoms with van der Waals surface area (Å²) < 4.78 is 13.9. The molecule has 1 aromatic rings. The number of halogens is 2. The summed E-state index contributed by atoms with van der Waals surface area (Å²) in [4.78, 5) is 2.36. The number of nitrogens with one attached hydrogen (secondary N) is 1. The Morgan fingerprint density at radius 3 is 2.63 bits per heavy atom. The Morgan fingerprint density at radius 1 is 1.37 bits per heavy atom. The van der Waals surface area contributed by atoms with Gasteiger partial charge in [-0.2, -0.15) is 0 Å². The second kappa shape index (κ2) is 5.41. The van der Waals surface area contributed by atoms with Crippen LogP contribution in [0, 0.1) is 11.2 Å². The molecule has 106 valence electrons. The molecule has 0 spiro atoms. The molecule has 1 heterocycles. The number of piperazine rings is 1. The van der Waals surface area contributed by atoms with E-state index >= 15 is 0 Å². The first-order chi connectivity index (χ1) is 8.79. The minimum atomic E-state index is -0.209. The van der Waals surface area contributed by atoms with E-state index in [1.165, 1.54) is 6.07 Å². The van der Waals surface area contributed by atoms with Gasteiger partial charge >= 0.3 is 0 Å². The van der Waals surface area contributed by atoms with Gasteiger partial charge in [-0.3, -0.25) is 0 Å².